The molecule has 5 heteroatoms. The van der Waals surface area contributed by atoms with Gasteiger partial charge in [0.05, 0.1) is 17.1 Å². The maximum Gasteiger partial charge on any atom is 0.228 e. The van der Waals surface area contributed by atoms with Crippen LogP contribution in [0.4, 0.5) is 10.1 Å². The first-order chi connectivity index (χ1) is 9.04. The monoisotopic (exact) mass is 389 g/mol. The Balaban J connectivity index is 2.07. The number of benzene rings is 2. The van der Waals surface area contributed by atoms with E-state index in [0.717, 1.165) is 3.57 Å². The number of anilines is 1. The molecule has 2 aromatic rings. The SMILES string of the molecule is O=C(Cc1cccc(F)c1)Nc1cc(I)ccc1Cl. The van der Waals surface area contributed by atoms with E-state index in [1.165, 1.54) is 12.1 Å². The van der Waals surface area contributed by atoms with Gasteiger partial charge < -0.3 is 5.32 Å². The number of halogens is 3. The van der Waals surface area contributed by atoms with Crippen molar-refractivity contribution in [3.05, 3.63) is 62.4 Å². The molecule has 0 fully saturated rings. The minimum Gasteiger partial charge on any atom is -0.324 e. The molecule has 0 saturated heterocycles. The zero-order valence-corrected chi connectivity index (χ0v) is 12.7. The van der Waals surface area contributed by atoms with Gasteiger partial charge in [0.25, 0.3) is 0 Å². The van der Waals surface area contributed by atoms with E-state index < -0.39 is 0 Å². The molecule has 0 unspecified atom stereocenters. The van der Waals surface area contributed by atoms with Gasteiger partial charge in [0, 0.05) is 3.57 Å². The number of carbonyl (C=O) groups is 1. The number of hydrogen-bond acceptors (Lipinski definition) is 1. The Kier molecular flexibility index (Phi) is 4.76. The average Bonchev–Trinajstić information content (AvgIpc) is 2.34. The van der Waals surface area contributed by atoms with Crippen molar-refractivity contribution in [3.8, 4) is 0 Å². The van der Waals surface area contributed by atoms with Crippen molar-refractivity contribution in [1.82, 2.24) is 0 Å². The fourth-order valence-electron chi connectivity index (χ4n) is 1.62. The molecule has 2 nitrogen and oxygen atoms in total. The molecule has 2 rings (SSSR count). The Hall–Kier alpha value is -1.14. The van der Waals surface area contributed by atoms with Crippen LogP contribution in [0.1, 0.15) is 5.56 Å². The number of carbonyl (C=O) groups excluding carboxylic acids is 1. The fraction of sp³-hybridized carbons (Fsp3) is 0.0714. The van der Waals surface area contributed by atoms with Crippen LogP contribution < -0.4 is 5.32 Å². The lowest BCUT2D eigenvalue weighted by atomic mass is 10.1. The third-order valence-corrected chi connectivity index (χ3v) is 3.46. The van der Waals surface area contributed by atoms with E-state index in [1.54, 1.807) is 24.3 Å². The summed E-state index contributed by atoms with van der Waals surface area (Å²) in [4.78, 5) is 11.9. The van der Waals surface area contributed by atoms with Crippen molar-refractivity contribution in [1.29, 1.82) is 0 Å². The van der Waals surface area contributed by atoms with Gasteiger partial charge in [-0.1, -0.05) is 23.7 Å². The molecular formula is C14H10ClFINO. The van der Waals surface area contributed by atoms with Crippen LogP contribution in [-0.4, -0.2) is 5.91 Å². The smallest absolute Gasteiger partial charge is 0.228 e. The Bertz CT molecular complexity index is 618. The van der Waals surface area contributed by atoms with Crippen molar-refractivity contribution in [2.75, 3.05) is 5.32 Å². The first-order valence-corrected chi connectivity index (χ1v) is 6.99. The molecule has 1 N–H and O–H groups in total. The summed E-state index contributed by atoms with van der Waals surface area (Å²) >= 11 is 8.13. The molecule has 0 aliphatic heterocycles. The van der Waals surface area contributed by atoms with Crippen LogP contribution in [-0.2, 0) is 11.2 Å². The van der Waals surface area contributed by atoms with Gasteiger partial charge in [-0.3, -0.25) is 4.79 Å². The van der Waals surface area contributed by atoms with Gasteiger partial charge in [-0.2, -0.15) is 0 Å². The van der Waals surface area contributed by atoms with E-state index in [2.05, 4.69) is 27.9 Å². The quantitative estimate of drug-likeness (QED) is 0.781. The minimum absolute atomic E-state index is 0.111. The maximum absolute atomic E-state index is 13.0. The largest absolute Gasteiger partial charge is 0.324 e. The van der Waals surface area contributed by atoms with Gasteiger partial charge in [-0.25, -0.2) is 4.39 Å². The molecule has 0 aliphatic carbocycles. The topological polar surface area (TPSA) is 29.1 Å². The van der Waals surface area contributed by atoms with Gasteiger partial charge in [-0.15, -0.1) is 0 Å². The van der Waals surface area contributed by atoms with Crippen LogP contribution in [0.2, 0.25) is 5.02 Å². The van der Waals surface area contributed by atoms with Crippen LogP contribution in [0.15, 0.2) is 42.5 Å². The van der Waals surface area contributed by atoms with E-state index in [1.807, 2.05) is 6.07 Å². The molecule has 0 heterocycles. The summed E-state index contributed by atoms with van der Waals surface area (Å²) in [5.41, 5.74) is 1.19. The summed E-state index contributed by atoms with van der Waals surface area (Å²) in [5.74, 6) is -0.577. The van der Waals surface area contributed by atoms with Gasteiger partial charge in [-0.05, 0) is 58.5 Å². The van der Waals surface area contributed by atoms with Crippen molar-refractivity contribution >= 4 is 45.8 Å². The van der Waals surface area contributed by atoms with Gasteiger partial charge in [0.15, 0.2) is 0 Å². The molecule has 1 amide bonds. The predicted molar refractivity (Wildman–Crippen MR) is 82.9 cm³/mol. The van der Waals surface area contributed by atoms with Crippen LogP contribution in [0.3, 0.4) is 0 Å². The Labute approximate surface area is 129 Å². The van der Waals surface area contributed by atoms with Gasteiger partial charge in [0.1, 0.15) is 5.82 Å². The average molecular weight is 390 g/mol. The van der Waals surface area contributed by atoms with E-state index in [-0.39, 0.29) is 18.1 Å². The van der Waals surface area contributed by atoms with Gasteiger partial charge >= 0.3 is 0 Å². The molecule has 0 radical (unpaired) electrons. The molecule has 0 bridgehead atoms. The lowest BCUT2D eigenvalue weighted by molar-refractivity contribution is -0.115. The molecule has 19 heavy (non-hydrogen) atoms. The normalized spacial score (nSPS) is 10.3. The summed E-state index contributed by atoms with van der Waals surface area (Å²) in [6, 6.07) is 11.3. The summed E-state index contributed by atoms with van der Waals surface area (Å²) < 4.78 is 14.0. The zero-order chi connectivity index (χ0) is 13.8. The summed E-state index contributed by atoms with van der Waals surface area (Å²) in [6.07, 6.45) is 0.111. The van der Waals surface area contributed by atoms with Crippen molar-refractivity contribution in [2.24, 2.45) is 0 Å². The Morgan fingerprint density at radius 1 is 1.26 bits per heavy atom. The zero-order valence-electron chi connectivity index (χ0n) is 9.79. The number of rotatable bonds is 3. The second-order valence-corrected chi connectivity index (χ2v) is 5.63. The number of nitrogens with one attached hydrogen (secondary N) is 1. The molecule has 0 saturated carbocycles. The molecular weight excluding hydrogens is 380 g/mol. The first kappa shape index (κ1) is 14.3. The highest BCUT2D eigenvalue weighted by molar-refractivity contribution is 14.1. The second-order valence-electron chi connectivity index (χ2n) is 3.98. The number of amides is 1. The summed E-state index contributed by atoms with van der Waals surface area (Å²) in [5, 5.41) is 3.20. The lowest BCUT2D eigenvalue weighted by Crippen LogP contribution is -2.14. The van der Waals surface area contributed by atoms with Crippen LogP contribution in [0.25, 0.3) is 0 Å². The molecule has 98 valence electrons. The highest BCUT2D eigenvalue weighted by Crippen LogP contribution is 2.24. The molecule has 0 spiro atoms. The first-order valence-electron chi connectivity index (χ1n) is 5.54. The maximum atomic E-state index is 13.0. The van der Waals surface area contributed by atoms with Crippen molar-refractivity contribution in [3.63, 3.8) is 0 Å². The number of hydrogen-bond donors (Lipinski definition) is 1. The van der Waals surface area contributed by atoms with Crippen LogP contribution in [0.5, 0.6) is 0 Å². The highest BCUT2D eigenvalue weighted by Gasteiger charge is 2.08. The Morgan fingerprint density at radius 3 is 2.79 bits per heavy atom. The van der Waals surface area contributed by atoms with E-state index in [9.17, 15) is 9.18 Å². The molecule has 0 atom stereocenters. The van der Waals surface area contributed by atoms with Gasteiger partial charge in [0.2, 0.25) is 5.91 Å². The minimum atomic E-state index is -0.349. The lowest BCUT2D eigenvalue weighted by Gasteiger charge is -2.08. The van der Waals surface area contributed by atoms with Crippen LogP contribution >= 0.6 is 34.2 Å². The van der Waals surface area contributed by atoms with E-state index in [4.69, 9.17) is 11.6 Å². The van der Waals surface area contributed by atoms with Crippen LogP contribution in [0, 0.1) is 9.39 Å². The molecule has 2 aromatic carbocycles. The summed E-state index contributed by atoms with van der Waals surface area (Å²) in [7, 11) is 0. The highest BCUT2D eigenvalue weighted by atomic mass is 127. The predicted octanol–water partition coefficient (Wildman–Crippen LogP) is 4.26. The third kappa shape index (κ3) is 4.18. The van der Waals surface area contributed by atoms with E-state index in [0.29, 0.717) is 16.3 Å². The standard InChI is InChI=1S/C14H10ClFINO/c15-12-5-4-11(17)8-13(12)18-14(19)7-9-2-1-3-10(16)6-9/h1-6,8H,7H2,(H,18,19). The fourth-order valence-corrected chi connectivity index (χ4v) is 2.28. The molecule has 0 aromatic heterocycles. The van der Waals surface area contributed by atoms with Crippen molar-refractivity contribution in [2.45, 2.75) is 6.42 Å². The van der Waals surface area contributed by atoms with Crippen molar-refractivity contribution < 1.29 is 9.18 Å². The summed E-state index contributed by atoms with van der Waals surface area (Å²) in [6.45, 7) is 0. The Morgan fingerprint density at radius 2 is 2.05 bits per heavy atom. The van der Waals surface area contributed by atoms with E-state index >= 15 is 0 Å². The molecule has 0 aliphatic rings. The third-order valence-electron chi connectivity index (χ3n) is 2.46. The second kappa shape index (κ2) is 6.34.